The molecule has 31 heavy (non-hydrogen) atoms. The van der Waals surface area contributed by atoms with Crippen LogP contribution < -0.4 is 10.3 Å². The summed E-state index contributed by atoms with van der Waals surface area (Å²) in [5, 5.41) is 6.35. The molecule has 8 nitrogen and oxygen atoms in total. The second-order valence-corrected chi connectivity index (χ2v) is 8.79. The summed E-state index contributed by atoms with van der Waals surface area (Å²) in [7, 11) is 0. The molecule has 3 aromatic rings. The normalized spacial score (nSPS) is 24.3. The quantitative estimate of drug-likeness (QED) is 0.651. The van der Waals surface area contributed by atoms with Crippen molar-refractivity contribution in [2.45, 2.75) is 57.2 Å². The summed E-state index contributed by atoms with van der Waals surface area (Å²) in [6, 6.07) is 3.86. The molecule has 1 amide bonds. The molecular weight excluding hydrogens is 397 g/mol. The molecule has 1 saturated heterocycles. The lowest BCUT2D eigenvalue weighted by Gasteiger charge is -2.31. The first-order valence-corrected chi connectivity index (χ1v) is 10.9. The average Bonchev–Trinajstić information content (AvgIpc) is 3.32. The Morgan fingerprint density at radius 2 is 2.10 bits per heavy atom. The molecule has 5 heterocycles. The van der Waals surface area contributed by atoms with Crippen LogP contribution in [-0.2, 0) is 6.42 Å². The van der Waals surface area contributed by atoms with E-state index in [-0.39, 0.29) is 23.8 Å². The fourth-order valence-corrected chi connectivity index (χ4v) is 4.96. The first-order valence-electron chi connectivity index (χ1n) is 10.9. The van der Waals surface area contributed by atoms with E-state index in [0.29, 0.717) is 23.7 Å². The largest absolute Gasteiger partial charge is 0.349 e. The number of fused-ring (bicyclic) bond motifs is 5. The number of carbonyl (C=O) groups excluding carboxylic acids is 1. The van der Waals surface area contributed by atoms with Gasteiger partial charge in [-0.2, -0.15) is 5.10 Å². The molecule has 0 aromatic carbocycles. The summed E-state index contributed by atoms with van der Waals surface area (Å²) >= 11 is 0. The van der Waals surface area contributed by atoms with Crippen LogP contribution in [0.15, 0.2) is 30.7 Å². The van der Waals surface area contributed by atoms with Gasteiger partial charge in [0, 0.05) is 36.9 Å². The summed E-state index contributed by atoms with van der Waals surface area (Å²) in [6.45, 7) is 2.91. The van der Waals surface area contributed by atoms with Crippen molar-refractivity contribution in [1.82, 2.24) is 30.0 Å². The van der Waals surface area contributed by atoms with Gasteiger partial charge in [0.15, 0.2) is 5.65 Å². The van der Waals surface area contributed by atoms with Crippen LogP contribution in [0.3, 0.4) is 0 Å². The third-order valence-corrected chi connectivity index (χ3v) is 6.61. The Hall–Kier alpha value is -3.07. The first-order chi connectivity index (χ1) is 15.1. The predicted octanol–water partition coefficient (Wildman–Crippen LogP) is 2.66. The fraction of sp³-hybridized carbons (Fsp3) is 0.455. The molecule has 3 aromatic heterocycles. The van der Waals surface area contributed by atoms with Crippen molar-refractivity contribution < 1.29 is 9.18 Å². The van der Waals surface area contributed by atoms with Gasteiger partial charge in [-0.05, 0) is 50.3 Å². The number of halogens is 1. The molecule has 1 aliphatic carbocycles. The Morgan fingerprint density at radius 1 is 1.23 bits per heavy atom. The maximum atomic E-state index is 14.3. The number of nitrogens with zero attached hydrogens (tertiary/aromatic N) is 6. The molecule has 1 saturated carbocycles. The van der Waals surface area contributed by atoms with Gasteiger partial charge >= 0.3 is 0 Å². The number of carbonyl (C=O) groups is 1. The summed E-state index contributed by atoms with van der Waals surface area (Å²) in [6.07, 6.45) is 9.32. The predicted molar refractivity (Wildman–Crippen MR) is 112 cm³/mol. The Bertz CT molecular complexity index is 1170. The number of rotatable bonds is 1. The standard InChI is InChI=1S/C22H24FN7O/c1-13-9-18-16(10-14(23)11-24-18)19-3-2-7-28(19)20-6-8-29-21(26-20)17(12-25-29)22(31)27-30(13)15-4-5-15/h6,8,10-13,15,19H,2-5,7,9H2,1H3,(H,27,31)/t13?,19-/m1/s1. The van der Waals surface area contributed by atoms with Gasteiger partial charge < -0.3 is 4.90 Å². The number of nitrogens with one attached hydrogen (secondary N) is 1. The third-order valence-electron chi connectivity index (χ3n) is 6.61. The number of hydrazine groups is 1. The van der Waals surface area contributed by atoms with Crippen LogP contribution in [0.25, 0.3) is 5.65 Å². The highest BCUT2D eigenvalue weighted by atomic mass is 19.1. The molecule has 9 heteroatoms. The van der Waals surface area contributed by atoms with Gasteiger partial charge in [0.05, 0.1) is 18.4 Å². The molecule has 1 unspecified atom stereocenters. The van der Waals surface area contributed by atoms with E-state index >= 15 is 0 Å². The number of pyridine rings is 1. The van der Waals surface area contributed by atoms with Crippen LogP contribution in [0.5, 0.6) is 0 Å². The molecular formula is C22H24FN7O. The van der Waals surface area contributed by atoms with Gasteiger partial charge in [-0.15, -0.1) is 0 Å². The molecule has 2 aliphatic heterocycles. The lowest BCUT2D eigenvalue weighted by molar-refractivity contribution is 0.0676. The highest BCUT2D eigenvalue weighted by molar-refractivity contribution is 5.99. The van der Waals surface area contributed by atoms with Crippen molar-refractivity contribution in [2.75, 3.05) is 11.4 Å². The van der Waals surface area contributed by atoms with E-state index in [1.807, 2.05) is 17.3 Å². The summed E-state index contributed by atoms with van der Waals surface area (Å²) in [4.78, 5) is 24.7. The highest BCUT2D eigenvalue weighted by Gasteiger charge is 2.36. The van der Waals surface area contributed by atoms with Gasteiger partial charge in [-0.1, -0.05) is 0 Å². The molecule has 2 atom stereocenters. The van der Waals surface area contributed by atoms with Crippen molar-refractivity contribution in [2.24, 2.45) is 0 Å². The summed E-state index contributed by atoms with van der Waals surface area (Å²) in [5.41, 5.74) is 5.88. The summed E-state index contributed by atoms with van der Waals surface area (Å²) in [5.74, 6) is 0.241. The monoisotopic (exact) mass is 421 g/mol. The number of anilines is 1. The van der Waals surface area contributed by atoms with E-state index in [0.717, 1.165) is 49.3 Å². The van der Waals surface area contributed by atoms with E-state index in [9.17, 15) is 9.18 Å². The Balaban J connectivity index is 1.53. The van der Waals surface area contributed by atoms with Crippen molar-refractivity contribution in [3.8, 4) is 0 Å². The minimum absolute atomic E-state index is 0.00510. The van der Waals surface area contributed by atoms with Crippen LogP contribution in [0, 0.1) is 5.82 Å². The molecule has 2 fully saturated rings. The number of hydrogen-bond donors (Lipinski definition) is 1. The molecule has 3 aliphatic rings. The zero-order chi connectivity index (χ0) is 21.1. The maximum Gasteiger partial charge on any atom is 0.271 e. The van der Waals surface area contributed by atoms with Gasteiger partial charge in [0.1, 0.15) is 17.2 Å². The van der Waals surface area contributed by atoms with E-state index in [1.165, 1.54) is 6.20 Å². The smallest absolute Gasteiger partial charge is 0.271 e. The zero-order valence-electron chi connectivity index (χ0n) is 17.3. The van der Waals surface area contributed by atoms with E-state index in [2.05, 4.69) is 27.3 Å². The van der Waals surface area contributed by atoms with E-state index < -0.39 is 0 Å². The third kappa shape index (κ3) is 3.15. The van der Waals surface area contributed by atoms with Crippen molar-refractivity contribution in [1.29, 1.82) is 0 Å². The van der Waals surface area contributed by atoms with Crippen LogP contribution in [-0.4, -0.2) is 49.1 Å². The maximum absolute atomic E-state index is 14.3. The lowest BCUT2D eigenvalue weighted by atomic mass is 9.98. The van der Waals surface area contributed by atoms with Crippen LogP contribution in [0.4, 0.5) is 10.2 Å². The van der Waals surface area contributed by atoms with Crippen molar-refractivity contribution in [3.05, 3.63) is 53.4 Å². The fourth-order valence-electron chi connectivity index (χ4n) is 4.96. The van der Waals surface area contributed by atoms with Crippen LogP contribution in [0.2, 0.25) is 0 Å². The number of aromatic nitrogens is 4. The van der Waals surface area contributed by atoms with Gasteiger partial charge in [-0.25, -0.2) is 18.9 Å². The lowest BCUT2D eigenvalue weighted by Crippen LogP contribution is -2.49. The minimum Gasteiger partial charge on any atom is -0.349 e. The highest BCUT2D eigenvalue weighted by Crippen LogP contribution is 2.38. The summed E-state index contributed by atoms with van der Waals surface area (Å²) < 4.78 is 15.9. The van der Waals surface area contributed by atoms with E-state index in [1.54, 1.807) is 16.8 Å². The number of amides is 1. The Morgan fingerprint density at radius 3 is 2.94 bits per heavy atom. The zero-order valence-corrected chi connectivity index (χ0v) is 17.3. The first kappa shape index (κ1) is 18.7. The molecule has 0 spiro atoms. The second-order valence-electron chi connectivity index (χ2n) is 8.79. The number of hydrogen-bond acceptors (Lipinski definition) is 6. The van der Waals surface area contributed by atoms with Crippen LogP contribution >= 0.6 is 0 Å². The topological polar surface area (TPSA) is 78.7 Å². The molecule has 1 N–H and O–H groups in total. The van der Waals surface area contributed by atoms with Crippen molar-refractivity contribution >= 4 is 17.4 Å². The SMILES string of the molecule is CC1Cc2ncc(F)cc2[C@H]2CCCN2c2ccn3ncc(c3n2)C(=O)NN1C1CC1. The average molecular weight is 421 g/mol. The Labute approximate surface area is 179 Å². The molecule has 2 bridgehead atoms. The molecule has 0 radical (unpaired) electrons. The minimum atomic E-state index is -0.323. The van der Waals surface area contributed by atoms with E-state index in [4.69, 9.17) is 4.98 Å². The van der Waals surface area contributed by atoms with Crippen LogP contribution in [0.1, 0.15) is 60.3 Å². The second kappa shape index (κ2) is 6.98. The van der Waals surface area contributed by atoms with Gasteiger partial charge in [-0.3, -0.25) is 15.2 Å². The molecule has 160 valence electrons. The Kier molecular flexibility index (Phi) is 4.21. The molecule has 6 rings (SSSR count). The van der Waals surface area contributed by atoms with Crippen molar-refractivity contribution in [3.63, 3.8) is 0 Å². The van der Waals surface area contributed by atoms with Gasteiger partial charge in [0.2, 0.25) is 0 Å². The van der Waals surface area contributed by atoms with Gasteiger partial charge in [0.25, 0.3) is 5.91 Å².